The smallest absolute Gasteiger partial charge is 0.254 e. The number of allylic oxidation sites excluding steroid dienone is 1. The third-order valence-corrected chi connectivity index (χ3v) is 6.73. The number of carbonyl (C=O) groups is 2. The fourth-order valence-electron chi connectivity index (χ4n) is 4.73. The molecule has 0 bridgehead atoms. The van der Waals surface area contributed by atoms with E-state index in [0.717, 1.165) is 12.1 Å². The lowest BCUT2D eigenvalue weighted by molar-refractivity contribution is -0.116. The first-order chi connectivity index (χ1) is 17.2. The Kier molecular flexibility index (Phi) is 6.12. The first-order valence-electron chi connectivity index (χ1n) is 11.5. The predicted octanol–water partition coefficient (Wildman–Crippen LogP) is 5.44. The Hall–Kier alpha value is -3.94. The molecule has 4 nitrogen and oxygen atoms in total. The molecule has 3 aromatic carbocycles. The number of hydrogen-bond acceptors (Lipinski definition) is 3. The second-order valence-electron chi connectivity index (χ2n) is 9.11. The highest BCUT2D eigenvalue weighted by molar-refractivity contribution is 6.21. The second-order valence-corrected chi connectivity index (χ2v) is 9.11. The molecule has 1 aliphatic heterocycles. The molecule has 5 rings (SSSR count). The molecule has 1 amide bonds. The quantitative estimate of drug-likeness (QED) is 0.465. The summed E-state index contributed by atoms with van der Waals surface area (Å²) in [6.45, 7) is 1.93. The van der Waals surface area contributed by atoms with Crippen LogP contribution in [0.25, 0.3) is 5.57 Å². The summed E-state index contributed by atoms with van der Waals surface area (Å²) in [7, 11) is 0. The van der Waals surface area contributed by atoms with Crippen molar-refractivity contribution in [3.05, 3.63) is 112 Å². The molecule has 1 N–H and O–H groups in total. The van der Waals surface area contributed by atoms with Crippen LogP contribution in [0.3, 0.4) is 0 Å². The van der Waals surface area contributed by atoms with Crippen molar-refractivity contribution in [2.24, 2.45) is 5.92 Å². The molecular weight excluding hydrogens is 472 g/mol. The molecule has 8 heteroatoms. The first-order valence-corrected chi connectivity index (χ1v) is 11.5. The Morgan fingerprint density at radius 3 is 2.44 bits per heavy atom. The summed E-state index contributed by atoms with van der Waals surface area (Å²) in [4.78, 5) is 27.4. The molecule has 184 valence electrons. The first kappa shape index (κ1) is 23.8. The van der Waals surface area contributed by atoms with E-state index in [2.05, 4.69) is 5.32 Å². The van der Waals surface area contributed by atoms with Crippen LogP contribution in [0.5, 0.6) is 0 Å². The van der Waals surface area contributed by atoms with Crippen molar-refractivity contribution < 1.29 is 27.2 Å². The number of halogens is 4. The highest BCUT2D eigenvalue weighted by Gasteiger charge is 2.44. The molecule has 2 atom stereocenters. The number of Topliss-reactive ketones (excluding diaryl/α,β-unsaturated/α-hetero) is 1. The lowest BCUT2D eigenvalue weighted by Gasteiger charge is -2.34. The maximum atomic E-state index is 14.8. The molecule has 3 aromatic rings. The van der Waals surface area contributed by atoms with Crippen LogP contribution in [0.4, 0.5) is 17.6 Å². The molecular formula is C28H22F4N2O2. The number of nitrogens with one attached hydrogen (secondary N) is 1. The minimum atomic E-state index is -0.997. The highest BCUT2D eigenvalue weighted by Crippen LogP contribution is 2.39. The van der Waals surface area contributed by atoms with E-state index in [9.17, 15) is 27.2 Å². The van der Waals surface area contributed by atoms with Crippen LogP contribution < -0.4 is 5.32 Å². The van der Waals surface area contributed by atoms with Gasteiger partial charge >= 0.3 is 0 Å². The van der Waals surface area contributed by atoms with Gasteiger partial charge in [0.25, 0.3) is 5.91 Å². The molecule has 0 radical (unpaired) electrons. The van der Waals surface area contributed by atoms with E-state index >= 15 is 0 Å². The fraction of sp³-hybridized carbons (Fsp3) is 0.214. The SMILES string of the molecule is CC1=C(C(=O)N[C@H](c2cccc(F)c2)C2CC2=O)c2cccc(F)c2CN1Cc1ccc(F)c(F)c1. The Morgan fingerprint density at radius 2 is 1.75 bits per heavy atom. The minimum Gasteiger partial charge on any atom is -0.366 e. The Balaban J connectivity index is 1.52. The maximum absolute atomic E-state index is 14.8. The van der Waals surface area contributed by atoms with E-state index in [0.29, 0.717) is 28.0 Å². The van der Waals surface area contributed by atoms with Gasteiger partial charge in [-0.25, -0.2) is 17.6 Å². The van der Waals surface area contributed by atoms with Crippen molar-refractivity contribution >= 4 is 17.3 Å². The molecule has 1 heterocycles. The summed E-state index contributed by atoms with van der Waals surface area (Å²) in [6, 6.07) is 12.9. The van der Waals surface area contributed by atoms with Crippen molar-refractivity contribution in [2.75, 3.05) is 0 Å². The molecule has 1 fully saturated rings. The average Bonchev–Trinajstić information content (AvgIpc) is 3.56. The number of ketones is 1. The fourth-order valence-corrected chi connectivity index (χ4v) is 4.73. The van der Waals surface area contributed by atoms with Crippen molar-refractivity contribution in [2.45, 2.75) is 32.5 Å². The number of amides is 1. The molecule has 1 saturated carbocycles. The van der Waals surface area contributed by atoms with Crippen LogP contribution in [0, 0.1) is 29.2 Å². The number of benzene rings is 3. The van der Waals surface area contributed by atoms with E-state index in [4.69, 9.17) is 0 Å². The summed E-state index contributed by atoms with van der Waals surface area (Å²) in [5.41, 5.74) is 2.33. The third-order valence-electron chi connectivity index (χ3n) is 6.73. The van der Waals surface area contributed by atoms with Crippen LogP contribution >= 0.6 is 0 Å². The van der Waals surface area contributed by atoms with E-state index in [1.54, 1.807) is 24.0 Å². The summed E-state index contributed by atoms with van der Waals surface area (Å²) in [5, 5.41) is 2.87. The molecule has 36 heavy (non-hydrogen) atoms. The van der Waals surface area contributed by atoms with Gasteiger partial charge in [0.1, 0.15) is 17.4 Å². The predicted molar refractivity (Wildman–Crippen MR) is 125 cm³/mol. The summed E-state index contributed by atoms with van der Waals surface area (Å²) >= 11 is 0. The van der Waals surface area contributed by atoms with Gasteiger partial charge in [0.15, 0.2) is 11.6 Å². The van der Waals surface area contributed by atoms with E-state index in [-0.39, 0.29) is 30.9 Å². The zero-order chi connectivity index (χ0) is 25.6. The molecule has 1 unspecified atom stereocenters. The van der Waals surface area contributed by atoms with Crippen molar-refractivity contribution in [1.29, 1.82) is 0 Å². The maximum Gasteiger partial charge on any atom is 0.254 e. The largest absolute Gasteiger partial charge is 0.366 e. The standard InChI is InChI=1S/C28H22F4N2O2/c1-15-26(28(36)33-27(20-12-25(20)35)17-4-2-5-18(29)11-17)19-6-3-7-22(30)21(19)14-34(15)13-16-8-9-23(31)24(32)10-16/h2-11,20,27H,12-14H2,1H3,(H,33,36)/t20?,27-/m1/s1. The van der Waals surface area contributed by atoms with Crippen molar-refractivity contribution in [3.63, 3.8) is 0 Å². The molecule has 0 aromatic heterocycles. The van der Waals surface area contributed by atoms with Gasteiger partial charge in [-0.2, -0.15) is 0 Å². The van der Waals surface area contributed by atoms with Gasteiger partial charge in [0.05, 0.1) is 11.6 Å². The van der Waals surface area contributed by atoms with Gasteiger partial charge in [0.2, 0.25) is 0 Å². The Labute approximate surface area is 205 Å². The summed E-state index contributed by atoms with van der Waals surface area (Å²) < 4.78 is 56.0. The van der Waals surface area contributed by atoms with Crippen molar-refractivity contribution in [3.8, 4) is 0 Å². The molecule has 2 aliphatic rings. The summed E-state index contributed by atoms with van der Waals surface area (Å²) in [6.07, 6.45) is 0.271. The Bertz CT molecular complexity index is 1420. The zero-order valence-electron chi connectivity index (χ0n) is 19.3. The zero-order valence-corrected chi connectivity index (χ0v) is 19.3. The summed E-state index contributed by atoms with van der Waals surface area (Å²) in [5.74, 6) is -4.00. The number of nitrogens with zero attached hydrogens (tertiary/aromatic N) is 1. The van der Waals surface area contributed by atoms with Gasteiger partial charge in [-0.1, -0.05) is 30.3 Å². The van der Waals surface area contributed by atoms with Gasteiger partial charge in [-0.05, 0) is 53.9 Å². The van der Waals surface area contributed by atoms with Crippen LogP contribution in [-0.4, -0.2) is 16.6 Å². The second kappa shape index (κ2) is 9.26. The monoisotopic (exact) mass is 494 g/mol. The van der Waals surface area contributed by atoms with Crippen LogP contribution in [0.15, 0.2) is 66.4 Å². The van der Waals surface area contributed by atoms with Gasteiger partial charge in [0, 0.05) is 36.7 Å². The molecule has 0 spiro atoms. The minimum absolute atomic E-state index is 0.0367. The van der Waals surface area contributed by atoms with E-state index < -0.39 is 41.1 Å². The highest BCUT2D eigenvalue weighted by atomic mass is 19.2. The molecule has 1 aliphatic carbocycles. The number of hydrogen-bond donors (Lipinski definition) is 1. The lowest BCUT2D eigenvalue weighted by Crippen LogP contribution is -2.36. The molecule has 0 saturated heterocycles. The number of carbonyl (C=O) groups excluding carboxylic acids is 2. The van der Waals surface area contributed by atoms with Crippen molar-refractivity contribution in [1.82, 2.24) is 10.2 Å². The van der Waals surface area contributed by atoms with Crippen LogP contribution in [-0.2, 0) is 22.7 Å². The van der Waals surface area contributed by atoms with Crippen LogP contribution in [0.1, 0.15) is 41.6 Å². The van der Waals surface area contributed by atoms with E-state index in [1.807, 2.05) is 0 Å². The number of fused-ring (bicyclic) bond motifs is 1. The lowest BCUT2D eigenvalue weighted by atomic mass is 9.91. The van der Waals surface area contributed by atoms with Gasteiger partial charge < -0.3 is 10.2 Å². The number of rotatable bonds is 6. The van der Waals surface area contributed by atoms with Crippen LogP contribution in [0.2, 0.25) is 0 Å². The Morgan fingerprint density at radius 1 is 1.00 bits per heavy atom. The normalized spacial score (nSPS) is 17.6. The van der Waals surface area contributed by atoms with E-state index in [1.165, 1.54) is 36.4 Å². The average molecular weight is 494 g/mol. The van der Waals surface area contributed by atoms with Gasteiger partial charge in [-0.15, -0.1) is 0 Å². The third kappa shape index (κ3) is 4.51. The topological polar surface area (TPSA) is 49.4 Å². The van der Waals surface area contributed by atoms with Gasteiger partial charge in [-0.3, -0.25) is 9.59 Å².